The molecular weight excluding hydrogens is 272 g/mol. The van der Waals surface area contributed by atoms with Gasteiger partial charge in [-0.15, -0.1) is 11.3 Å². The number of nitrogens with one attached hydrogen (secondary N) is 1. The van der Waals surface area contributed by atoms with Gasteiger partial charge in [0, 0.05) is 11.5 Å². The number of aryl methyl sites for hydroxylation is 1. The molecule has 2 atom stereocenters. The molecule has 3 rings (SSSR count). The zero-order valence-corrected chi connectivity index (χ0v) is 12.9. The lowest BCUT2D eigenvalue weighted by atomic mass is 9.94. The molecule has 0 aliphatic carbocycles. The summed E-state index contributed by atoms with van der Waals surface area (Å²) in [5, 5.41) is 4.60. The average Bonchev–Trinajstić information content (AvgIpc) is 2.94. The van der Waals surface area contributed by atoms with Crippen molar-refractivity contribution in [1.29, 1.82) is 0 Å². The van der Waals surface area contributed by atoms with E-state index in [2.05, 4.69) is 42.1 Å². The third-order valence-electron chi connectivity index (χ3n) is 4.10. The number of ether oxygens (including phenoxy) is 1. The maximum absolute atomic E-state index is 5.84. The molecule has 6 heteroatoms. The van der Waals surface area contributed by atoms with Crippen molar-refractivity contribution < 1.29 is 4.74 Å². The molecule has 5 nitrogen and oxygen atoms in total. The molecule has 1 aliphatic heterocycles. The Morgan fingerprint density at radius 3 is 3.00 bits per heavy atom. The minimum Gasteiger partial charge on any atom is -0.376 e. The molecule has 0 bridgehead atoms. The molecule has 1 fully saturated rings. The fourth-order valence-electron chi connectivity index (χ4n) is 2.53. The number of fused-ring (bicyclic) bond motifs is 1. The second kappa shape index (κ2) is 4.86. The van der Waals surface area contributed by atoms with Gasteiger partial charge < -0.3 is 15.8 Å². The standard InChI is InChI=1S/C14H20N4OS/c1-4-9-7-10-11(16-13(15)17-12(10)20-9)18-14(3)5-6-19-8(14)2/h7-8H,4-6H2,1-3H3,(H3,15,16,17,18). The number of nitrogens with two attached hydrogens (primary N) is 1. The van der Waals surface area contributed by atoms with Gasteiger partial charge in [-0.1, -0.05) is 6.92 Å². The highest BCUT2D eigenvalue weighted by atomic mass is 32.1. The smallest absolute Gasteiger partial charge is 0.223 e. The van der Waals surface area contributed by atoms with Crippen LogP contribution in [0.3, 0.4) is 0 Å². The molecule has 1 aliphatic rings. The van der Waals surface area contributed by atoms with Gasteiger partial charge in [-0.3, -0.25) is 0 Å². The Morgan fingerprint density at radius 2 is 2.35 bits per heavy atom. The molecular formula is C14H20N4OS. The van der Waals surface area contributed by atoms with Crippen LogP contribution in [-0.4, -0.2) is 28.2 Å². The number of nitrogen functional groups attached to an aromatic ring is 1. The van der Waals surface area contributed by atoms with Crippen molar-refractivity contribution in [3.63, 3.8) is 0 Å². The molecule has 2 aromatic rings. The van der Waals surface area contributed by atoms with Gasteiger partial charge >= 0.3 is 0 Å². The Bertz CT molecular complexity index is 641. The van der Waals surface area contributed by atoms with Gasteiger partial charge in [-0.05, 0) is 32.8 Å². The highest BCUT2D eigenvalue weighted by Gasteiger charge is 2.37. The average molecular weight is 292 g/mol. The maximum Gasteiger partial charge on any atom is 0.223 e. The van der Waals surface area contributed by atoms with E-state index in [1.165, 1.54) is 4.88 Å². The molecule has 3 heterocycles. The summed E-state index contributed by atoms with van der Waals surface area (Å²) in [6.45, 7) is 7.18. The summed E-state index contributed by atoms with van der Waals surface area (Å²) >= 11 is 1.68. The van der Waals surface area contributed by atoms with Crippen molar-refractivity contribution >= 4 is 33.3 Å². The molecule has 1 saturated heterocycles. The van der Waals surface area contributed by atoms with Gasteiger partial charge in [-0.2, -0.15) is 4.98 Å². The maximum atomic E-state index is 5.84. The van der Waals surface area contributed by atoms with Crippen molar-refractivity contribution in [2.45, 2.75) is 45.3 Å². The predicted molar refractivity (Wildman–Crippen MR) is 83.3 cm³/mol. The normalized spacial score (nSPS) is 26.2. The monoisotopic (exact) mass is 292 g/mol. The highest BCUT2D eigenvalue weighted by molar-refractivity contribution is 7.18. The van der Waals surface area contributed by atoms with Crippen molar-refractivity contribution in [2.75, 3.05) is 17.7 Å². The number of nitrogens with zero attached hydrogens (tertiary/aromatic N) is 2. The molecule has 20 heavy (non-hydrogen) atoms. The lowest BCUT2D eigenvalue weighted by Gasteiger charge is -2.29. The van der Waals surface area contributed by atoms with Crippen molar-refractivity contribution in [1.82, 2.24) is 9.97 Å². The second-order valence-electron chi connectivity index (χ2n) is 5.52. The molecule has 0 amide bonds. The van der Waals surface area contributed by atoms with Crippen LogP contribution in [-0.2, 0) is 11.2 Å². The number of hydrogen-bond donors (Lipinski definition) is 2. The highest BCUT2D eigenvalue weighted by Crippen LogP contribution is 2.34. The molecule has 0 saturated carbocycles. The lowest BCUT2D eigenvalue weighted by Crippen LogP contribution is -2.41. The first-order valence-corrected chi connectivity index (χ1v) is 7.79. The number of thiophene rings is 1. The molecule has 108 valence electrons. The topological polar surface area (TPSA) is 73.1 Å². The Hall–Kier alpha value is -1.40. The van der Waals surface area contributed by atoms with Crippen LogP contribution < -0.4 is 11.1 Å². The summed E-state index contributed by atoms with van der Waals surface area (Å²) in [4.78, 5) is 11.0. The number of anilines is 2. The molecule has 3 N–H and O–H groups in total. The predicted octanol–water partition coefficient (Wildman–Crippen LogP) is 2.82. The molecule has 2 unspecified atom stereocenters. The third kappa shape index (κ3) is 2.23. The lowest BCUT2D eigenvalue weighted by molar-refractivity contribution is 0.105. The van der Waals surface area contributed by atoms with Crippen molar-refractivity contribution in [2.24, 2.45) is 0 Å². The zero-order valence-electron chi connectivity index (χ0n) is 12.1. The van der Waals surface area contributed by atoms with Gasteiger partial charge in [-0.25, -0.2) is 4.98 Å². The van der Waals surface area contributed by atoms with Crippen molar-refractivity contribution in [3.8, 4) is 0 Å². The van der Waals surface area contributed by atoms with Crippen LogP contribution in [0.5, 0.6) is 0 Å². The molecule has 0 spiro atoms. The van der Waals surface area contributed by atoms with E-state index in [9.17, 15) is 0 Å². The second-order valence-corrected chi connectivity index (χ2v) is 6.64. The third-order valence-corrected chi connectivity index (χ3v) is 5.27. The van der Waals surface area contributed by atoms with Crippen LogP contribution >= 0.6 is 11.3 Å². The number of hydrogen-bond acceptors (Lipinski definition) is 6. The van der Waals surface area contributed by atoms with E-state index in [0.29, 0.717) is 5.95 Å². The van der Waals surface area contributed by atoms with Gasteiger partial charge in [0.25, 0.3) is 0 Å². The van der Waals surface area contributed by atoms with Crippen LogP contribution in [0.4, 0.5) is 11.8 Å². The van der Waals surface area contributed by atoms with Crippen LogP contribution in [0, 0.1) is 0 Å². The van der Waals surface area contributed by atoms with E-state index in [0.717, 1.165) is 35.5 Å². The minimum absolute atomic E-state index is 0.109. The van der Waals surface area contributed by atoms with Gasteiger partial charge in [0.05, 0.1) is 17.0 Å². The van der Waals surface area contributed by atoms with Gasteiger partial charge in [0.2, 0.25) is 5.95 Å². The summed E-state index contributed by atoms with van der Waals surface area (Å²) in [5.41, 5.74) is 5.73. The molecule has 0 aromatic carbocycles. The first kappa shape index (κ1) is 13.6. The van der Waals surface area contributed by atoms with Crippen LogP contribution in [0.25, 0.3) is 10.2 Å². The summed E-state index contributed by atoms with van der Waals surface area (Å²) in [7, 11) is 0. The molecule has 2 aromatic heterocycles. The summed E-state index contributed by atoms with van der Waals surface area (Å²) in [6.07, 6.45) is 2.11. The van der Waals surface area contributed by atoms with Gasteiger partial charge in [0.1, 0.15) is 10.6 Å². The Labute approximate surface area is 122 Å². The summed E-state index contributed by atoms with van der Waals surface area (Å²) in [5.74, 6) is 1.14. The number of rotatable bonds is 3. The van der Waals surface area contributed by atoms with E-state index < -0.39 is 0 Å². The Kier molecular flexibility index (Phi) is 3.30. The first-order valence-electron chi connectivity index (χ1n) is 6.97. The fourth-order valence-corrected chi connectivity index (χ4v) is 3.50. The summed E-state index contributed by atoms with van der Waals surface area (Å²) < 4.78 is 5.67. The zero-order chi connectivity index (χ0) is 14.3. The largest absolute Gasteiger partial charge is 0.376 e. The Balaban J connectivity index is 2.04. The van der Waals surface area contributed by atoms with Crippen LogP contribution in [0.1, 0.15) is 32.1 Å². The minimum atomic E-state index is -0.109. The van der Waals surface area contributed by atoms with Crippen LogP contribution in [0.2, 0.25) is 0 Å². The van der Waals surface area contributed by atoms with E-state index >= 15 is 0 Å². The van der Waals surface area contributed by atoms with Gasteiger partial charge in [0.15, 0.2) is 0 Å². The van der Waals surface area contributed by atoms with Crippen molar-refractivity contribution in [3.05, 3.63) is 10.9 Å². The Morgan fingerprint density at radius 1 is 1.55 bits per heavy atom. The fraction of sp³-hybridized carbons (Fsp3) is 0.571. The first-order chi connectivity index (χ1) is 9.51. The van der Waals surface area contributed by atoms with E-state index in [4.69, 9.17) is 10.5 Å². The quantitative estimate of drug-likeness (QED) is 0.910. The van der Waals surface area contributed by atoms with E-state index in [1.54, 1.807) is 11.3 Å². The van der Waals surface area contributed by atoms with Crippen LogP contribution in [0.15, 0.2) is 6.07 Å². The summed E-state index contributed by atoms with van der Waals surface area (Å²) in [6, 6.07) is 2.16. The number of aromatic nitrogens is 2. The van der Waals surface area contributed by atoms with E-state index in [1.807, 2.05) is 0 Å². The SMILES string of the molecule is CCc1cc2c(NC3(C)CCOC3C)nc(N)nc2s1. The van der Waals surface area contributed by atoms with E-state index in [-0.39, 0.29) is 11.6 Å². The molecule has 0 radical (unpaired) electrons.